The van der Waals surface area contributed by atoms with Gasteiger partial charge in [0.05, 0.1) is 37.4 Å². The number of esters is 1. The van der Waals surface area contributed by atoms with Crippen LogP contribution in [0.15, 0.2) is 36.5 Å². The van der Waals surface area contributed by atoms with E-state index in [0.717, 1.165) is 11.1 Å². The molecule has 1 aromatic carbocycles. The van der Waals surface area contributed by atoms with E-state index in [-0.39, 0.29) is 18.2 Å². The minimum atomic E-state index is -0.545. The van der Waals surface area contributed by atoms with Crippen molar-refractivity contribution < 1.29 is 14.5 Å². The summed E-state index contributed by atoms with van der Waals surface area (Å²) in [7, 11) is 1.34. The van der Waals surface area contributed by atoms with Gasteiger partial charge in [0, 0.05) is 0 Å². The molecule has 0 saturated heterocycles. The van der Waals surface area contributed by atoms with E-state index in [4.69, 9.17) is 0 Å². The van der Waals surface area contributed by atoms with Crippen molar-refractivity contribution in [3.8, 4) is 0 Å². The Morgan fingerprint density at radius 2 is 2.05 bits per heavy atom. The summed E-state index contributed by atoms with van der Waals surface area (Å²) in [6.45, 7) is 0.362. The van der Waals surface area contributed by atoms with Crippen LogP contribution in [0.5, 0.6) is 0 Å². The van der Waals surface area contributed by atoms with Gasteiger partial charge in [0.1, 0.15) is 0 Å². The largest absolute Gasteiger partial charge is 0.469 e. The zero-order chi connectivity index (χ0) is 14.5. The molecule has 0 bridgehead atoms. The van der Waals surface area contributed by atoms with Crippen LogP contribution < -0.4 is 0 Å². The van der Waals surface area contributed by atoms with Gasteiger partial charge in [0.25, 0.3) is 0 Å². The van der Waals surface area contributed by atoms with Crippen LogP contribution in [0, 0.1) is 10.1 Å². The molecule has 0 aliphatic heterocycles. The summed E-state index contributed by atoms with van der Waals surface area (Å²) < 4.78 is 6.11. The van der Waals surface area contributed by atoms with Crippen molar-refractivity contribution in [1.82, 2.24) is 9.78 Å². The number of aromatic nitrogens is 2. The van der Waals surface area contributed by atoms with Gasteiger partial charge in [0.2, 0.25) is 0 Å². The Labute approximate surface area is 114 Å². The van der Waals surface area contributed by atoms with Crippen LogP contribution in [0.4, 0.5) is 5.82 Å². The van der Waals surface area contributed by atoms with E-state index in [1.54, 1.807) is 0 Å². The van der Waals surface area contributed by atoms with Gasteiger partial charge in [-0.3, -0.25) is 4.79 Å². The van der Waals surface area contributed by atoms with Gasteiger partial charge in [-0.05, 0) is 16.1 Å². The number of carbonyl (C=O) groups is 1. The minimum absolute atomic E-state index is 0.163. The number of hydrogen-bond acceptors (Lipinski definition) is 5. The number of nitrogens with zero attached hydrogens (tertiary/aromatic N) is 3. The van der Waals surface area contributed by atoms with Gasteiger partial charge in [-0.2, -0.15) is 4.68 Å². The molecule has 0 aliphatic carbocycles. The lowest BCUT2D eigenvalue weighted by molar-refractivity contribution is -0.389. The second-order valence-corrected chi connectivity index (χ2v) is 4.15. The van der Waals surface area contributed by atoms with E-state index in [2.05, 4.69) is 9.84 Å². The number of hydrogen-bond donors (Lipinski definition) is 0. The molecular formula is C13H13N3O4. The van der Waals surface area contributed by atoms with Crippen molar-refractivity contribution in [3.05, 3.63) is 57.8 Å². The van der Waals surface area contributed by atoms with Crippen LogP contribution in [0.3, 0.4) is 0 Å². The molecule has 0 saturated carbocycles. The average molecular weight is 275 g/mol. The standard InChI is InChI=1S/C13H13N3O4/c1-20-13(17)8-10-4-2-3-5-11(10)9-15-7-6-12(14-15)16(18)19/h2-7H,8-9H2,1H3. The van der Waals surface area contributed by atoms with Crippen LogP contribution in [-0.2, 0) is 22.5 Å². The highest BCUT2D eigenvalue weighted by atomic mass is 16.6. The summed E-state index contributed by atoms with van der Waals surface area (Å²) >= 11 is 0. The summed E-state index contributed by atoms with van der Waals surface area (Å²) in [5.74, 6) is -0.528. The summed E-state index contributed by atoms with van der Waals surface area (Å²) in [6, 6.07) is 8.68. The molecule has 0 N–H and O–H groups in total. The molecule has 20 heavy (non-hydrogen) atoms. The zero-order valence-electron chi connectivity index (χ0n) is 10.9. The van der Waals surface area contributed by atoms with Crippen molar-refractivity contribution in [2.24, 2.45) is 0 Å². The lowest BCUT2D eigenvalue weighted by atomic mass is 10.0. The van der Waals surface area contributed by atoms with Crippen LogP contribution >= 0.6 is 0 Å². The molecule has 1 aromatic heterocycles. The number of rotatable bonds is 5. The van der Waals surface area contributed by atoms with Crippen molar-refractivity contribution in [3.63, 3.8) is 0 Å². The fourth-order valence-corrected chi connectivity index (χ4v) is 1.82. The highest BCUT2D eigenvalue weighted by Gasteiger charge is 2.13. The lowest BCUT2D eigenvalue weighted by Gasteiger charge is -2.07. The molecule has 1 heterocycles. The maximum atomic E-state index is 11.3. The first-order chi connectivity index (χ1) is 9.60. The molecule has 0 aliphatic rings. The van der Waals surface area contributed by atoms with E-state index < -0.39 is 4.92 Å². The molecule has 0 fully saturated rings. The Hall–Kier alpha value is -2.70. The predicted molar refractivity (Wildman–Crippen MR) is 70.1 cm³/mol. The van der Waals surface area contributed by atoms with E-state index in [1.165, 1.54) is 24.1 Å². The third kappa shape index (κ3) is 3.19. The molecule has 0 amide bonds. The number of ether oxygens (including phenoxy) is 1. The van der Waals surface area contributed by atoms with Gasteiger partial charge in [-0.25, -0.2) is 0 Å². The van der Waals surface area contributed by atoms with Gasteiger partial charge >= 0.3 is 11.8 Å². The first kappa shape index (κ1) is 13.7. The van der Waals surface area contributed by atoms with Crippen LogP contribution in [0.1, 0.15) is 11.1 Å². The molecule has 0 atom stereocenters. The molecular weight excluding hydrogens is 262 g/mol. The van der Waals surface area contributed by atoms with Crippen molar-refractivity contribution in [2.75, 3.05) is 7.11 Å². The summed E-state index contributed by atoms with van der Waals surface area (Å²) in [5, 5.41) is 14.4. The number of nitro groups is 1. The lowest BCUT2D eigenvalue weighted by Crippen LogP contribution is -2.09. The fourth-order valence-electron chi connectivity index (χ4n) is 1.82. The second kappa shape index (κ2) is 5.96. The smallest absolute Gasteiger partial charge is 0.389 e. The fraction of sp³-hybridized carbons (Fsp3) is 0.231. The Kier molecular flexibility index (Phi) is 4.09. The van der Waals surface area contributed by atoms with Gasteiger partial charge in [-0.1, -0.05) is 24.3 Å². The highest BCUT2D eigenvalue weighted by Crippen LogP contribution is 2.13. The summed E-state index contributed by atoms with van der Waals surface area (Å²) in [5.41, 5.74) is 1.69. The van der Waals surface area contributed by atoms with Gasteiger partial charge < -0.3 is 14.9 Å². The number of methoxy groups -OCH3 is 1. The Balaban J connectivity index is 2.19. The normalized spacial score (nSPS) is 10.2. The maximum Gasteiger partial charge on any atom is 0.389 e. The molecule has 104 valence electrons. The Morgan fingerprint density at radius 3 is 2.65 bits per heavy atom. The molecule has 2 aromatic rings. The van der Waals surface area contributed by atoms with Crippen LogP contribution in [0.2, 0.25) is 0 Å². The number of benzene rings is 1. The van der Waals surface area contributed by atoms with Gasteiger partial charge in [0.15, 0.2) is 0 Å². The third-order valence-electron chi connectivity index (χ3n) is 2.83. The van der Waals surface area contributed by atoms with Crippen molar-refractivity contribution in [2.45, 2.75) is 13.0 Å². The van der Waals surface area contributed by atoms with Crippen molar-refractivity contribution in [1.29, 1.82) is 0 Å². The summed E-state index contributed by atoms with van der Waals surface area (Å²) in [4.78, 5) is 21.4. The molecule has 0 spiro atoms. The van der Waals surface area contributed by atoms with E-state index in [0.29, 0.717) is 6.54 Å². The topological polar surface area (TPSA) is 87.3 Å². The second-order valence-electron chi connectivity index (χ2n) is 4.15. The molecule has 2 rings (SSSR count). The predicted octanol–water partition coefficient (Wildman–Crippen LogP) is 1.56. The molecule has 7 heteroatoms. The van der Waals surface area contributed by atoms with Crippen LogP contribution in [-0.4, -0.2) is 27.8 Å². The number of carbonyl (C=O) groups excluding carboxylic acids is 1. The average Bonchev–Trinajstić information content (AvgIpc) is 2.89. The first-order valence-electron chi connectivity index (χ1n) is 5.91. The SMILES string of the molecule is COC(=O)Cc1ccccc1Cn1ccc([N+](=O)[O-])n1. The summed E-state index contributed by atoms with van der Waals surface area (Å²) in [6.07, 6.45) is 1.70. The highest BCUT2D eigenvalue weighted by molar-refractivity contribution is 5.72. The third-order valence-corrected chi connectivity index (χ3v) is 2.83. The quantitative estimate of drug-likeness (QED) is 0.469. The molecule has 7 nitrogen and oxygen atoms in total. The molecule has 0 radical (unpaired) electrons. The Morgan fingerprint density at radius 1 is 1.35 bits per heavy atom. The maximum absolute atomic E-state index is 11.3. The monoisotopic (exact) mass is 275 g/mol. The minimum Gasteiger partial charge on any atom is -0.469 e. The van der Waals surface area contributed by atoms with Crippen LogP contribution in [0.25, 0.3) is 0 Å². The zero-order valence-corrected chi connectivity index (χ0v) is 10.9. The van der Waals surface area contributed by atoms with E-state index in [9.17, 15) is 14.9 Å². The first-order valence-corrected chi connectivity index (χ1v) is 5.91. The van der Waals surface area contributed by atoms with E-state index >= 15 is 0 Å². The van der Waals surface area contributed by atoms with E-state index in [1.807, 2.05) is 24.3 Å². The Bertz CT molecular complexity index is 636. The molecule has 0 unspecified atom stereocenters. The van der Waals surface area contributed by atoms with Gasteiger partial charge in [-0.15, -0.1) is 0 Å². The van der Waals surface area contributed by atoms with Crippen molar-refractivity contribution >= 4 is 11.8 Å².